The van der Waals surface area contributed by atoms with Gasteiger partial charge in [0.1, 0.15) is 5.39 Å². The molecule has 1 atom stereocenters. The van der Waals surface area contributed by atoms with E-state index in [1.54, 1.807) is 15.4 Å². The van der Waals surface area contributed by atoms with Crippen LogP contribution in [0.5, 0.6) is 0 Å². The van der Waals surface area contributed by atoms with Crippen LogP contribution in [0, 0.1) is 6.92 Å². The molecule has 3 heterocycles. The molecule has 1 N–H and O–H groups in total. The highest BCUT2D eigenvalue weighted by Gasteiger charge is 2.30. The van der Waals surface area contributed by atoms with Gasteiger partial charge in [-0.25, -0.2) is 9.67 Å². The molecule has 0 fully saturated rings. The molecule has 0 radical (unpaired) electrons. The van der Waals surface area contributed by atoms with Gasteiger partial charge in [0.25, 0.3) is 5.56 Å². The van der Waals surface area contributed by atoms with E-state index in [2.05, 4.69) is 26.3 Å². The first-order chi connectivity index (χ1) is 13.6. The molecular weight excluding hydrogens is 454 g/mol. The van der Waals surface area contributed by atoms with Crippen LogP contribution in [0.4, 0.5) is 5.69 Å². The first-order valence-corrected chi connectivity index (χ1v) is 11.1. The Morgan fingerprint density at radius 3 is 2.83 bits per heavy atom. The molecule has 3 aromatic rings. The Hall–Kier alpha value is -2.13. The molecule has 1 unspecified atom stereocenters. The fourth-order valence-electron chi connectivity index (χ4n) is 3.45. The Morgan fingerprint density at radius 1 is 1.38 bits per heavy atom. The fourth-order valence-corrected chi connectivity index (χ4v) is 5.06. The maximum atomic E-state index is 13.1. The van der Waals surface area contributed by atoms with Crippen LogP contribution >= 0.6 is 27.7 Å². The van der Waals surface area contributed by atoms with Gasteiger partial charge in [0.05, 0.1) is 17.8 Å². The summed E-state index contributed by atoms with van der Waals surface area (Å²) in [5.74, 6) is 0.524. The summed E-state index contributed by atoms with van der Waals surface area (Å²) in [7, 11) is 0. The van der Waals surface area contributed by atoms with Gasteiger partial charge in [-0.05, 0) is 51.5 Å². The van der Waals surface area contributed by atoms with E-state index < -0.39 is 0 Å². The SMILES string of the molecule is Cc1cc(Br)ccc1NC(=O)CC1CSc2nc3c(cnn3C(C)(C)C)c(=O)n21. The molecule has 152 valence electrons. The summed E-state index contributed by atoms with van der Waals surface area (Å²) in [6, 6.07) is 5.48. The van der Waals surface area contributed by atoms with E-state index in [0.717, 1.165) is 15.7 Å². The van der Waals surface area contributed by atoms with E-state index >= 15 is 0 Å². The lowest BCUT2D eigenvalue weighted by atomic mass is 10.1. The van der Waals surface area contributed by atoms with Crippen LogP contribution in [0.15, 0.2) is 38.8 Å². The average Bonchev–Trinajstić information content (AvgIpc) is 3.22. The monoisotopic (exact) mass is 475 g/mol. The van der Waals surface area contributed by atoms with Crippen molar-refractivity contribution < 1.29 is 4.79 Å². The Morgan fingerprint density at radius 2 is 2.14 bits per heavy atom. The number of rotatable bonds is 3. The maximum Gasteiger partial charge on any atom is 0.265 e. The van der Waals surface area contributed by atoms with Crippen LogP contribution in [0.1, 0.15) is 38.8 Å². The molecule has 4 rings (SSSR count). The molecule has 29 heavy (non-hydrogen) atoms. The number of hydrogen-bond donors (Lipinski definition) is 1. The van der Waals surface area contributed by atoms with Crippen molar-refractivity contribution in [2.24, 2.45) is 0 Å². The molecule has 7 nitrogen and oxygen atoms in total. The third-order valence-corrected chi connectivity index (χ3v) is 6.48. The van der Waals surface area contributed by atoms with Crippen molar-refractivity contribution >= 4 is 50.3 Å². The van der Waals surface area contributed by atoms with Gasteiger partial charge < -0.3 is 5.32 Å². The molecule has 1 aliphatic rings. The molecule has 2 aromatic heterocycles. The number of anilines is 1. The van der Waals surface area contributed by atoms with Crippen LogP contribution < -0.4 is 10.9 Å². The standard InChI is InChI=1S/C20H22BrN5O2S/c1-11-7-12(21)5-6-15(11)23-16(27)8-13-10-29-19-24-17-14(18(28)25(13)19)9-22-26(17)20(2,3)4/h5-7,9,13H,8,10H2,1-4H3,(H,23,27). The van der Waals surface area contributed by atoms with Crippen LogP contribution in [0.2, 0.25) is 0 Å². The third kappa shape index (κ3) is 3.73. The van der Waals surface area contributed by atoms with Gasteiger partial charge in [0, 0.05) is 22.3 Å². The fraction of sp³-hybridized carbons (Fsp3) is 0.400. The van der Waals surface area contributed by atoms with Gasteiger partial charge in [-0.2, -0.15) is 5.10 Å². The number of aryl methyl sites for hydroxylation is 1. The van der Waals surface area contributed by atoms with Gasteiger partial charge in [0.2, 0.25) is 5.91 Å². The van der Waals surface area contributed by atoms with Crippen LogP contribution in [-0.4, -0.2) is 31.0 Å². The summed E-state index contributed by atoms with van der Waals surface area (Å²) < 4.78 is 4.39. The van der Waals surface area contributed by atoms with Crippen LogP contribution in [-0.2, 0) is 10.3 Å². The zero-order chi connectivity index (χ0) is 20.9. The van der Waals surface area contributed by atoms with Crippen molar-refractivity contribution in [1.82, 2.24) is 19.3 Å². The number of halogens is 1. The third-order valence-electron chi connectivity index (χ3n) is 4.89. The molecule has 0 spiro atoms. The Bertz CT molecular complexity index is 1180. The van der Waals surface area contributed by atoms with Gasteiger partial charge in [-0.15, -0.1) is 0 Å². The Kier molecular flexibility index (Phi) is 5.06. The van der Waals surface area contributed by atoms with Crippen molar-refractivity contribution in [1.29, 1.82) is 0 Å². The van der Waals surface area contributed by atoms with Crippen LogP contribution in [0.25, 0.3) is 11.0 Å². The number of fused-ring (bicyclic) bond motifs is 2. The highest BCUT2D eigenvalue weighted by molar-refractivity contribution is 9.10. The number of carbonyl (C=O) groups excluding carboxylic acids is 1. The summed E-state index contributed by atoms with van der Waals surface area (Å²) >= 11 is 4.93. The number of hydrogen-bond acceptors (Lipinski definition) is 5. The smallest absolute Gasteiger partial charge is 0.265 e. The molecule has 0 saturated carbocycles. The molecule has 1 aliphatic heterocycles. The van der Waals surface area contributed by atoms with Gasteiger partial charge in [-0.1, -0.05) is 27.7 Å². The lowest BCUT2D eigenvalue weighted by molar-refractivity contribution is -0.116. The Labute approximate surface area is 181 Å². The number of benzene rings is 1. The summed E-state index contributed by atoms with van der Waals surface area (Å²) in [6.45, 7) is 8.02. The number of nitrogens with zero attached hydrogens (tertiary/aromatic N) is 4. The van der Waals surface area contributed by atoms with Gasteiger partial charge in [0.15, 0.2) is 10.8 Å². The van der Waals surface area contributed by atoms with E-state index in [1.807, 2.05) is 45.9 Å². The second kappa shape index (κ2) is 7.28. The molecule has 1 amide bonds. The summed E-state index contributed by atoms with van der Waals surface area (Å²) in [6.07, 6.45) is 1.80. The van der Waals surface area contributed by atoms with E-state index in [-0.39, 0.29) is 29.5 Å². The molecule has 0 saturated heterocycles. The van der Waals surface area contributed by atoms with Crippen LogP contribution in [0.3, 0.4) is 0 Å². The topological polar surface area (TPSA) is 81.8 Å². The molecule has 0 aliphatic carbocycles. The quantitative estimate of drug-likeness (QED) is 0.576. The molecular formula is C20H22BrN5O2S. The first kappa shape index (κ1) is 20.2. The predicted octanol–water partition coefficient (Wildman–Crippen LogP) is 4.09. The minimum absolute atomic E-state index is 0.119. The minimum atomic E-state index is -0.273. The van der Waals surface area contributed by atoms with Crippen molar-refractivity contribution in [3.63, 3.8) is 0 Å². The Balaban J connectivity index is 1.61. The highest BCUT2D eigenvalue weighted by Crippen LogP contribution is 2.34. The second-order valence-electron chi connectivity index (χ2n) is 8.21. The van der Waals surface area contributed by atoms with Crippen molar-refractivity contribution in [2.75, 3.05) is 11.1 Å². The molecule has 0 bridgehead atoms. The number of carbonyl (C=O) groups is 1. The van der Waals surface area contributed by atoms with Gasteiger partial charge >= 0.3 is 0 Å². The minimum Gasteiger partial charge on any atom is -0.326 e. The largest absolute Gasteiger partial charge is 0.326 e. The predicted molar refractivity (Wildman–Crippen MR) is 119 cm³/mol. The molecule has 9 heteroatoms. The van der Waals surface area contributed by atoms with Crippen molar-refractivity contribution in [3.8, 4) is 0 Å². The zero-order valence-electron chi connectivity index (χ0n) is 16.7. The second-order valence-corrected chi connectivity index (χ2v) is 10.1. The van der Waals surface area contributed by atoms with E-state index in [1.165, 1.54) is 11.8 Å². The van der Waals surface area contributed by atoms with Crippen molar-refractivity contribution in [3.05, 3.63) is 44.8 Å². The average molecular weight is 476 g/mol. The highest BCUT2D eigenvalue weighted by atomic mass is 79.9. The van der Waals surface area contributed by atoms with E-state index in [4.69, 9.17) is 4.98 Å². The number of aromatic nitrogens is 4. The zero-order valence-corrected chi connectivity index (χ0v) is 19.1. The lowest BCUT2D eigenvalue weighted by Gasteiger charge is -2.20. The molecule has 1 aromatic carbocycles. The maximum absolute atomic E-state index is 13.1. The van der Waals surface area contributed by atoms with E-state index in [9.17, 15) is 9.59 Å². The normalized spacial score (nSPS) is 16.2. The van der Waals surface area contributed by atoms with Gasteiger partial charge in [-0.3, -0.25) is 14.2 Å². The number of thioether (sulfide) groups is 1. The van der Waals surface area contributed by atoms with E-state index in [0.29, 0.717) is 21.9 Å². The summed E-state index contributed by atoms with van der Waals surface area (Å²) in [5.41, 5.74) is 1.94. The van der Waals surface area contributed by atoms with Crippen molar-refractivity contribution in [2.45, 2.75) is 50.9 Å². The lowest BCUT2D eigenvalue weighted by Crippen LogP contribution is -2.29. The summed E-state index contributed by atoms with van der Waals surface area (Å²) in [4.78, 5) is 30.5. The summed E-state index contributed by atoms with van der Waals surface area (Å²) in [5, 5.41) is 8.46. The first-order valence-electron chi connectivity index (χ1n) is 9.34. The number of amides is 1. The number of nitrogens with one attached hydrogen (secondary N) is 1.